The van der Waals surface area contributed by atoms with Crippen LogP contribution in [0.25, 0.3) is 0 Å². The SMILES string of the molecule is CNC(=O)Cc1csc(NC(=O)C2CCc3nc[nH]c3C2)n1. The molecule has 1 atom stereocenters. The first-order valence-corrected chi connectivity index (χ1v) is 8.00. The Kier molecular flexibility index (Phi) is 4.19. The van der Waals surface area contributed by atoms with Gasteiger partial charge < -0.3 is 15.6 Å². The van der Waals surface area contributed by atoms with Gasteiger partial charge in [0.15, 0.2) is 5.13 Å². The Bertz CT molecular complexity index is 693. The number of rotatable bonds is 4. The third-order valence-electron chi connectivity index (χ3n) is 3.76. The Morgan fingerprint density at radius 2 is 2.36 bits per heavy atom. The van der Waals surface area contributed by atoms with Gasteiger partial charge in [0, 0.05) is 30.5 Å². The van der Waals surface area contributed by atoms with Crippen molar-refractivity contribution in [3.8, 4) is 0 Å². The molecule has 3 rings (SSSR count). The molecule has 0 saturated carbocycles. The van der Waals surface area contributed by atoms with Gasteiger partial charge in [0.05, 0.1) is 24.1 Å². The molecule has 2 amide bonds. The van der Waals surface area contributed by atoms with E-state index < -0.39 is 0 Å². The Hall–Kier alpha value is -2.22. The van der Waals surface area contributed by atoms with E-state index in [0.29, 0.717) is 17.2 Å². The van der Waals surface area contributed by atoms with Gasteiger partial charge in [0.25, 0.3) is 0 Å². The quantitative estimate of drug-likeness (QED) is 0.779. The molecule has 2 heterocycles. The third kappa shape index (κ3) is 3.16. The summed E-state index contributed by atoms with van der Waals surface area (Å²) in [7, 11) is 1.59. The average Bonchev–Trinajstić information content (AvgIpc) is 3.15. The number of amides is 2. The second kappa shape index (κ2) is 6.27. The van der Waals surface area contributed by atoms with Crippen molar-refractivity contribution in [1.29, 1.82) is 0 Å². The van der Waals surface area contributed by atoms with Gasteiger partial charge in [-0.05, 0) is 12.8 Å². The largest absolute Gasteiger partial charge is 0.359 e. The highest BCUT2D eigenvalue weighted by Crippen LogP contribution is 2.25. The Balaban J connectivity index is 1.59. The number of likely N-dealkylation sites (N-methyl/N-ethyl adjacent to an activating group) is 1. The zero-order valence-electron chi connectivity index (χ0n) is 12.2. The minimum atomic E-state index is -0.0952. The number of imidazole rings is 1. The van der Waals surface area contributed by atoms with E-state index in [1.165, 1.54) is 11.3 Å². The van der Waals surface area contributed by atoms with Crippen LogP contribution in [0.3, 0.4) is 0 Å². The third-order valence-corrected chi connectivity index (χ3v) is 4.57. The van der Waals surface area contributed by atoms with Crippen molar-refractivity contribution in [2.45, 2.75) is 25.7 Å². The minimum Gasteiger partial charge on any atom is -0.359 e. The lowest BCUT2D eigenvalue weighted by Crippen LogP contribution is -2.28. The molecule has 8 heteroatoms. The number of hydrogen-bond acceptors (Lipinski definition) is 5. The summed E-state index contributed by atoms with van der Waals surface area (Å²) in [4.78, 5) is 35.2. The molecule has 0 fully saturated rings. The van der Waals surface area contributed by atoms with E-state index in [0.717, 1.165) is 24.2 Å². The first kappa shape index (κ1) is 14.7. The van der Waals surface area contributed by atoms with Crippen LogP contribution in [0.5, 0.6) is 0 Å². The molecule has 7 nitrogen and oxygen atoms in total. The van der Waals surface area contributed by atoms with Crippen molar-refractivity contribution in [3.63, 3.8) is 0 Å². The number of aromatic nitrogens is 3. The fraction of sp³-hybridized carbons (Fsp3) is 0.429. The van der Waals surface area contributed by atoms with Gasteiger partial charge >= 0.3 is 0 Å². The highest BCUT2D eigenvalue weighted by Gasteiger charge is 2.26. The molecule has 116 valence electrons. The summed E-state index contributed by atoms with van der Waals surface area (Å²) in [6.45, 7) is 0. The van der Waals surface area contributed by atoms with Gasteiger partial charge in [0.2, 0.25) is 11.8 Å². The predicted octanol–water partition coefficient (Wildman–Crippen LogP) is 0.898. The molecular formula is C14H17N5O2S. The fourth-order valence-corrected chi connectivity index (χ4v) is 3.24. The van der Waals surface area contributed by atoms with E-state index in [1.807, 2.05) is 0 Å². The van der Waals surface area contributed by atoms with Crippen molar-refractivity contribution in [2.75, 3.05) is 12.4 Å². The van der Waals surface area contributed by atoms with Crippen molar-refractivity contribution >= 4 is 28.3 Å². The van der Waals surface area contributed by atoms with Crippen LogP contribution in [-0.2, 0) is 28.9 Å². The molecule has 2 aromatic rings. The normalized spacial score (nSPS) is 16.9. The first-order valence-electron chi connectivity index (χ1n) is 7.12. The van der Waals surface area contributed by atoms with Crippen LogP contribution in [0, 0.1) is 5.92 Å². The summed E-state index contributed by atoms with van der Waals surface area (Å²) in [5, 5.41) is 7.73. The zero-order valence-corrected chi connectivity index (χ0v) is 13.0. The van der Waals surface area contributed by atoms with E-state index in [4.69, 9.17) is 0 Å². The second-order valence-electron chi connectivity index (χ2n) is 5.25. The summed E-state index contributed by atoms with van der Waals surface area (Å²) in [5.41, 5.74) is 2.77. The molecule has 2 aromatic heterocycles. The highest BCUT2D eigenvalue weighted by molar-refractivity contribution is 7.13. The lowest BCUT2D eigenvalue weighted by molar-refractivity contribution is -0.120. The van der Waals surface area contributed by atoms with Gasteiger partial charge in [-0.15, -0.1) is 11.3 Å². The van der Waals surface area contributed by atoms with Crippen molar-refractivity contribution in [1.82, 2.24) is 20.3 Å². The Morgan fingerprint density at radius 3 is 3.18 bits per heavy atom. The molecule has 0 bridgehead atoms. The molecule has 1 aliphatic carbocycles. The Labute approximate surface area is 131 Å². The number of thiazole rings is 1. The molecular weight excluding hydrogens is 302 g/mol. The van der Waals surface area contributed by atoms with Crippen LogP contribution in [0.4, 0.5) is 5.13 Å². The number of hydrogen-bond donors (Lipinski definition) is 3. The number of aryl methyl sites for hydroxylation is 1. The number of carbonyl (C=O) groups excluding carboxylic acids is 2. The van der Waals surface area contributed by atoms with Crippen LogP contribution in [0.2, 0.25) is 0 Å². The van der Waals surface area contributed by atoms with Gasteiger partial charge in [-0.1, -0.05) is 0 Å². The van der Waals surface area contributed by atoms with E-state index >= 15 is 0 Å². The van der Waals surface area contributed by atoms with Gasteiger partial charge in [0.1, 0.15) is 0 Å². The number of aromatic amines is 1. The smallest absolute Gasteiger partial charge is 0.229 e. The van der Waals surface area contributed by atoms with Crippen LogP contribution in [0.1, 0.15) is 23.5 Å². The van der Waals surface area contributed by atoms with Gasteiger partial charge in [-0.3, -0.25) is 9.59 Å². The molecule has 0 radical (unpaired) electrons. The van der Waals surface area contributed by atoms with E-state index in [-0.39, 0.29) is 24.2 Å². The maximum absolute atomic E-state index is 12.3. The monoisotopic (exact) mass is 319 g/mol. The molecule has 0 spiro atoms. The standard InChI is InChI=1S/C14H17N5O2S/c1-15-12(20)5-9-6-22-14(18-9)19-13(21)8-2-3-10-11(4-8)17-7-16-10/h6-8H,2-5H2,1H3,(H,15,20)(H,16,17)(H,18,19,21). The van der Waals surface area contributed by atoms with Crippen molar-refractivity contribution in [2.24, 2.45) is 5.92 Å². The number of H-pyrrole nitrogens is 1. The summed E-state index contributed by atoms with van der Waals surface area (Å²) >= 11 is 1.34. The summed E-state index contributed by atoms with van der Waals surface area (Å²) in [6.07, 6.45) is 4.19. The van der Waals surface area contributed by atoms with E-state index in [1.54, 1.807) is 18.8 Å². The van der Waals surface area contributed by atoms with Crippen LogP contribution in [0.15, 0.2) is 11.7 Å². The number of anilines is 1. The van der Waals surface area contributed by atoms with E-state index in [9.17, 15) is 9.59 Å². The zero-order chi connectivity index (χ0) is 15.5. The van der Waals surface area contributed by atoms with Crippen LogP contribution < -0.4 is 10.6 Å². The molecule has 3 N–H and O–H groups in total. The van der Waals surface area contributed by atoms with Crippen molar-refractivity contribution < 1.29 is 9.59 Å². The maximum Gasteiger partial charge on any atom is 0.229 e. The van der Waals surface area contributed by atoms with Crippen LogP contribution >= 0.6 is 11.3 Å². The lowest BCUT2D eigenvalue weighted by Gasteiger charge is -2.19. The number of fused-ring (bicyclic) bond motifs is 1. The summed E-state index contributed by atoms with van der Waals surface area (Å²) < 4.78 is 0. The average molecular weight is 319 g/mol. The minimum absolute atomic E-state index is 0.0268. The molecule has 1 unspecified atom stereocenters. The number of carbonyl (C=O) groups is 2. The predicted molar refractivity (Wildman–Crippen MR) is 82.6 cm³/mol. The van der Waals surface area contributed by atoms with Gasteiger partial charge in [-0.2, -0.15) is 0 Å². The lowest BCUT2D eigenvalue weighted by atomic mass is 9.89. The summed E-state index contributed by atoms with van der Waals surface area (Å²) in [5.74, 6) is -0.192. The molecule has 22 heavy (non-hydrogen) atoms. The highest BCUT2D eigenvalue weighted by atomic mass is 32.1. The molecule has 0 aromatic carbocycles. The van der Waals surface area contributed by atoms with E-state index in [2.05, 4.69) is 25.6 Å². The molecule has 1 aliphatic rings. The maximum atomic E-state index is 12.3. The number of nitrogens with one attached hydrogen (secondary N) is 3. The molecule has 0 aliphatic heterocycles. The first-order chi connectivity index (χ1) is 10.7. The van der Waals surface area contributed by atoms with Crippen LogP contribution in [-0.4, -0.2) is 33.8 Å². The topological polar surface area (TPSA) is 99.8 Å². The molecule has 0 saturated heterocycles. The summed E-state index contributed by atoms with van der Waals surface area (Å²) in [6, 6.07) is 0. The number of nitrogens with zero attached hydrogens (tertiary/aromatic N) is 2. The Morgan fingerprint density at radius 1 is 1.50 bits per heavy atom. The second-order valence-corrected chi connectivity index (χ2v) is 6.11. The fourth-order valence-electron chi connectivity index (χ4n) is 2.53. The van der Waals surface area contributed by atoms with Gasteiger partial charge in [-0.25, -0.2) is 9.97 Å². The van der Waals surface area contributed by atoms with Crippen molar-refractivity contribution in [3.05, 3.63) is 28.8 Å².